The Kier molecular flexibility index (Phi) is 10.6. The van der Waals surface area contributed by atoms with Crippen LogP contribution < -0.4 is 20.1 Å². The Morgan fingerprint density at radius 1 is 1.00 bits per heavy atom. The standard InChI is InChI=1S/C30H34Cl2N4O4S.ClH/c1-41(38,39)36(21-30(11-13-33-14-12-30)26-9-5-6-10-28(26)36)35-29(37)27(20-40-19-22-7-3-2-4-8-22)34-18-23-15-24(31)17-25(32)16-23;/h2-10,15-17,27,33-34H,11-14,18-21H2,1H3;1H/p+1. The maximum Gasteiger partial charge on any atom is 0.321 e. The third-order valence-electron chi connectivity index (χ3n) is 7.99. The molecule has 3 N–H and O–H groups in total. The second-order valence-corrected chi connectivity index (χ2v) is 13.8. The fraction of sp³-hybridized carbons (Fsp3) is 0.367. The lowest BCUT2D eigenvalue weighted by Gasteiger charge is -2.36. The molecule has 0 bridgehead atoms. The van der Waals surface area contributed by atoms with Crippen LogP contribution in [0.5, 0.6) is 0 Å². The minimum atomic E-state index is -3.84. The van der Waals surface area contributed by atoms with Gasteiger partial charge in [-0.05, 0) is 55.3 Å². The van der Waals surface area contributed by atoms with Crippen molar-refractivity contribution in [3.05, 3.63) is 99.5 Å². The lowest BCUT2D eigenvalue weighted by molar-refractivity contribution is -0.127. The number of carbonyl (C=O) groups is 1. The molecule has 1 amide bonds. The topological polar surface area (TPSA) is 96.5 Å². The average molecular weight is 655 g/mol. The van der Waals surface area contributed by atoms with E-state index >= 15 is 0 Å². The van der Waals surface area contributed by atoms with Crippen molar-refractivity contribution in [3.8, 4) is 0 Å². The Balaban J connectivity index is 0.00000405. The van der Waals surface area contributed by atoms with Gasteiger partial charge < -0.3 is 10.1 Å². The Bertz CT molecular complexity index is 1480. The first kappa shape index (κ1) is 32.7. The normalized spacial score (nSPS) is 20.0. The van der Waals surface area contributed by atoms with Gasteiger partial charge in [0.1, 0.15) is 12.6 Å². The van der Waals surface area contributed by atoms with E-state index in [-0.39, 0.29) is 37.5 Å². The van der Waals surface area contributed by atoms with Crippen molar-refractivity contribution < 1.29 is 17.9 Å². The molecule has 1 spiro atoms. The van der Waals surface area contributed by atoms with Gasteiger partial charge in [0.15, 0.2) is 5.69 Å². The van der Waals surface area contributed by atoms with Crippen LogP contribution in [0.4, 0.5) is 5.69 Å². The number of ether oxygens (including phenoxy) is 1. The van der Waals surface area contributed by atoms with Gasteiger partial charge in [0.25, 0.3) is 5.91 Å². The Morgan fingerprint density at radius 3 is 2.31 bits per heavy atom. The number of nitrogens with one attached hydrogen (secondary N) is 3. The van der Waals surface area contributed by atoms with E-state index in [1.165, 1.54) is 6.26 Å². The molecule has 0 aliphatic carbocycles. The van der Waals surface area contributed by atoms with Gasteiger partial charge in [0.05, 0.1) is 24.9 Å². The van der Waals surface area contributed by atoms with E-state index in [1.54, 1.807) is 18.2 Å². The molecule has 3 aromatic carbocycles. The molecule has 5 rings (SSSR count). The second kappa shape index (κ2) is 13.6. The van der Waals surface area contributed by atoms with E-state index in [2.05, 4.69) is 16.1 Å². The smallest absolute Gasteiger partial charge is 0.321 e. The van der Waals surface area contributed by atoms with Gasteiger partial charge in [-0.15, -0.1) is 12.4 Å². The monoisotopic (exact) mass is 653 g/mol. The van der Waals surface area contributed by atoms with Crippen LogP contribution in [0.2, 0.25) is 10.0 Å². The van der Waals surface area contributed by atoms with Gasteiger partial charge in [-0.3, -0.25) is 10.1 Å². The lowest BCUT2D eigenvalue weighted by atomic mass is 9.75. The fourth-order valence-electron chi connectivity index (χ4n) is 5.95. The number of nitrogens with zero attached hydrogens (tertiary/aromatic N) is 1. The number of piperidine rings is 1. The zero-order valence-electron chi connectivity index (χ0n) is 23.3. The van der Waals surface area contributed by atoms with Crippen LogP contribution in [0.25, 0.3) is 0 Å². The molecule has 1 saturated heterocycles. The summed E-state index contributed by atoms with van der Waals surface area (Å²) >= 11 is 12.4. The highest BCUT2D eigenvalue weighted by molar-refractivity contribution is 7.90. The van der Waals surface area contributed by atoms with E-state index in [1.807, 2.05) is 54.6 Å². The lowest BCUT2D eigenvalue weighted by Crippen LogP contribution is -2.68. The first-order valence-electron chi connectivity index (χ1n) is 13.6. The van der Waals surface area contributed by atoms with Gasteiger partial charge in [-0.2, -0.15) is 13.8 Å². The second-order valence-electron chi connectivity index (χ2n) is 10.9. The molecule has 0 aromatic heterocycles. The van der Waals surface area contributed by atoms with Crippen molar-refractivity contribution >= 4 is 57.2 Å². The zero-order valence-corrected chi connectivity index (χ0v) is 26.5. The molecule has 3 aromatic rings. The number of benzene rings is 3. The number of hydrogen-bond donors (Lipinski definition) is 3. The Labute approximate surface area is 263 Å². The van der Waals surface area contributed by atoms with Crippen LogP contribution in [0.3, 0.4) is 0 Å². The largest absolute Gasteiger partial charge is 0.375 e. The highest BCUT2D eigenvalue weighted by Crippen LogP contribution is 2.50. The summed E-state index contributed by atoms with van der Waals surface area (Å²) in [5.74, 6) is -0.475. The molecule has 2 aliphatic rings. The summed E-state index contributed by atoms with van der Waals surface area (Å²) in [6.45, 7) is 2.41. The van der Waals surface area contributed by atoms with Crippen molar-refractivity contribution in [1.82, 2.24) is 20.1 Å². The number of hydrogen-bond acceptors (Lipinski definition) is 6. The van der Waals surface area contributed by atoms with Gasteiger partial charge in [-0.1, -0.05) is 75.7 Å². The summed E-state index contributed by atoms with van der Waals surface area (Å²) in [4.78, 5) is 14.0. The number of halogens is 3. The highest BCUT2D eigenvalue weighted by atomic mass is 35.5. The average Bonchev–Trinajstić information content (AvgIpc) is 3.21. The van der Waals surface area contributed by atoms with Crippen molar-refractivity contribution in [3.63, 3.8) is 0 Å². The molecule has 226 valence electrons. The maximum absolute atomic E-state index is 14.0. The molecule has 8 nitrogen and oxygen atoms in total. The van der Waals surface area contributed by atoms with Crippen LogP contribution in [0.15, 0.2) is 72.8 Å². The summed E-state index contributed by atoms with van der Waals surface area (Å²) in [5.41, 5.74) is 5.93. The number of fused-ring (bicyclic) bond motifs is 2. The predicted octanol–water partition coefficient (Wildman–Crippen LogP) is 4.72. The molecule has 0 saturated carbocycles. The maximum atomic E-state index is 14.0. The molecule has 2 unspecified atom stereocenters. The molecule has 2 heterocycles. The number of quaternary nitrogens is 1. The minimum absolute atomic E-state index is 0. The molecule has 0 radical (unpaired) electrons. The van der Waals surface area contributed by atoms with E-state index in [4.69, 9.17) is 27.9 Å². The van der Waals surface area contributed by atoms with Gasteiger partial charge in [0, 0.05) is 28.2 Å². The molecular formula is C30H36Cl3N4O4S+. The van der Waals surface area contributed by atoms with Crippen LogP contribution in [-0.2, 0) is 38.1 Å². The zero-order chi connectivity index (χ0) is 29.1. The molecule has 12 heteroatoms. The number of rotatable bonds is 10. The molecule has 1 fully saturated rings. The number of amides is 1. The van der Waals surface area contributed by atoms with Crippen LogP contribution in [0, 0.1) is 0 Å². The number of carbonyl (C=O) groups excluding carboxylic acids is 1. The quantitative estimate of drug-likeness (QED) is 0.274. The summed E-state index contributed by atoms with van der Waals surface area (Å²) in [6.07, 6.45) is 2.76. The van der Waals surface area contributed by atoms with Crippen LogP contribution >= 0.6 is 35.6 Å². The number of sulfonamides is 1. The van der Waals surface area contributed by atoms with Crippen molar-refractivity contribution in [2.75, 3.05) is 32.5 Å². The first-order chi connectivity index (χ1) is 19.6. The van der Waals surface area contributed by atoms with Gasteiger partial charge in [-0.25, -0.2) is 0 Å². The Morgan fingerprint density at radius 2 is 1.64 bits per heavy atom. The molecular weight excluding hydrogens is 619 g/mol. The van der Waals surface area contributed by atoms with Crippen LogP contribution in [0.1, 0.15) is 29.5 Å². The van der Waals surface area contributed by atoms with E-state index in [9.17, 15) is 13.2 Å². The fourth-order valence-corrected chi connectivity index (χ4v) is 7.78. The molecule has 2 aliphatic heterocycles. The molecule has 2 atom stereocenters. The van der Waals surface area contributed by atoms with Gasteiger partial charge in [0.2, 0.25) is 0 Å². The summed E-state index contributed by atoms with van der Waals surface area (Å²) in [5, 5.41) is 7.59. The molecule has 42 heavy (non-hydrogen) atoms. The third kappa shape index (κ3) is 6.95. The van der Waals surface area contributed by atoms with Crippen molar-refractivity contribution in [2.45, 2.75) is 37.5 Å². The van der Waals surface area contributed by atoms with Crippen molar-refractivity contribution in [2.24, 2.45) is 0 Å². The van der Waals surface area contributed by atoms with E-state index in [0.29, 0.717) is 22.3 Å². The van der Waals surface area contributed by atoms with E-state index < -0.39 is 26.0 Å². The summed E-state index contributed by atoms with van der Waals surface area (Å²) in [7, 11) is -3.84. The first-order valence-corrected chi connectivity index (χ1v) is 16.2. The minimum Gasteiger partial charge on any atom is -0.375 e. The van der Waals surface area contributed by atoms with Crippen LogP contribution in [-0.4, -0.2) is 52.9 Å². The SMILES string of the molecule is CS(=O)(=O)[N+]1(NC(=O)C(COCc2ccccc2)NCc2cc(Cl)cc(Cl)c2)CC2(CCNCC2)c2ccccc21.Cl. The van der Waals surface area contributed by atoms with Crippen molar-refractivity contribution in [1.29, 1.82) is 0 Å². The summed E-state index contributed by atoms with van der Waals surface area (Å²) in [6, 6.07) is 21.5. The Hall–Kier alpha value is -2.21. The van der Waals surface area contributed by atoms with Gasteiger partial charge >= 0.3 is 10.0 Å². The predicted molar refractivity (Wildman–Crippen MR) is 170 cm³/mol. The highest BCUT2D eigenvalue weighted by Gasteiger charge is 2.60. The summed E-state index contributed by atoms with van der Waals surface area (Å²) < 4.78 is 32.6. The number of para-hydroxylation sites is 1. The van der Waals surface area contributed by atoms with E-state index in [0.717, 1.165) is 42.6 Å². The third-order valence-corrected chi connectivity index (χ3v) is 9.98.